The van der Waals surface area contributed by atoms with Crippen LogP contribution in [-0.4, -0.2) is 21.3 Å². The van der Waals surface area contributed by atoms with Crippen LogP contribution >= 0.6 is 27.3 Å². The lowest BCUT2D eigenvalue weighted by Gasteiger charge is -2.19. The largest absolute Gasteiger partial charge is 0.304 e. The van der Waals surface area contributed by atoms with E-state index in [0.717, 1.165) is 33.8 Å². The third-order valence-electron chi connectivity index (χ3n) is 3.01. The third kappa shape index (κ3) is 3.07. The van der Waals surface area contributed by atoms with Crippen LogP contribution in [0.4, 0.5) is 0 Å². The molecule has 0 fully saturated rings. The van der Waals surface area contributed by atoms with E-state index in [0.29, 0.717) is 0 Å². The molecule has 0 aromatic carbocycles. The Kier molecular flexibility index (Phi) is 4.76. The predicted octanol–water partition coefficient (Wildman–Crippen LogP) is 3.34. The second-order valence-electron chi connectivity index (χ2n) is 4.57. The van der Waals surface area contributed by atoms with Crippen molar-refractivity contribution in [1.29, 1.82) is 0 Å². The van der Waals surface area contributed by atoms with E-state index < -0.39 is 0 Å². The second-order valence-corrected chi connectivity index (χ2v) is 6.66. The first-order valence-electron chi connectivity index (χ1n) is 6.39. The van der Waals surface area contributed by atoms with Crippen molar-refractivity contribution in [2.75, 3.05) is 6.54 Å². The molecule has 6 heteroatoms. The van der Waals surface area contributed by atoms with Gasteiger partial charge in [0.25, 0.3) is 0 Å². The molecular weight excluding hydrogens is 324 g/mol. The standard InChI is InChI=1S/C13H19BrN4S/c1-5-6-15-11(12-10(14)7-16-18(12)4)13-8(2)17-9(3)19-13/h7,11,15H,5-6H2,1-4H3. The quantitative estimate of drug-likeness (QED) is 0.905. The highest BCUT2D eigenvalue weighted by Crippen LogP contribution is 2.33. The van der Waals surface area contributed by atoms with Crippen LogP contribution in [0.2, 0.25) is 0 Å². The van der Waals surface area contributed by atoms with Gasteiger partial charge in [0.15, 0.2) is 0 Å². The van der Waals surface area contributed by atoms with E-state index in [1.165, 1.54) is 4.88 Å². The van der Waals surface area contributed by atoms with Gasteiger partial charge < -0.3 is 5.32 Å². The Morgan fingerprint density at radius 3 is 2.68 bits per heavy atom. The SMILES string of the molecule is CCCNC(c1sc(C)nc1C)c1c(Br)cnn1C. The third-order valence-corrected chi connectivity index (χ3v) is 4.76. The Balaban J connectivity index is 2.44. The minimum absolute atomic E-state index is 0.146. The zero-order chi connectivity index (χ0) is 14.0. The summed E-state index contributed by atoms with van der Waals surface area (Å²) >= 11 is 5.35. The normalized spacial score (nSPS) is 12.9. The van der Waals surface area contributed by atoms with E-state index in [-0.39, 0.29) is 6.04 Å². The molecule has 4 nitrogen and oxygen atoms in total. The van der Waals surface area contributed by atoms with E-state index in [1.807, 2.05) is 17.9 Å². The molecule has 1 N–H and O–H groups in total. The number of hydrogen-bond donors (Lipinski definition) is 1. The number of hydrogen-bond acceptors (Lipinski definition) is 4. The van der Waals surface area contributed by atoms with Gasteiger partial charge in [0.2, 0.25) is 0 Å². The Bertz CT molecular complexity index is 541. The van der Waals surface area contributed by atoms with Crippen LogP contribution in [0.5, 0.6) is 0 Å². The molecule has 0 aliphatic rings. The fraction of sp³-hybridized carbons (Fsp3) is 0.538. The number of thiazole rings is 1. The van der Waals surface area contributed by atoms with E-state index in [4.69, 9.17) is 0 Å². The Morgan fingerprint density at radius 2 is 2.21 bits per heavy atom. The van der Waals surface area contributed by atoms with E-state index in [2.05, 4.69) is 52.1 Å². The van der Waals surface area contributed by atoms with E-state index in [1.54, 1.807) is 11.3 Å². The Morgan fingerprint density at radius 1 is 1.47 bits per heavy atom. The highest BCUT2D eigenvalue weighted by atomic mass is 79.9. The van der Waals surface area contributed by atoms with Gasteiger partial charge in [-0.25, -0.2) is 4.98 Å². The number of halogens is 1. The van der Waals surface area contributed by atoms with Gasteiger partial charge in [-0.2, -0.15) is 5.10 Å². The van der Waals surface area contributed by atoms with Crippen molar-refractivity contribution < 1.29 is 0 Å². The molecule has 0 spiro atoms. The van der Waals surface area contributed by atoms with Gasteiger partial charge in [0, 0.05) is 7.05 Å². The number of aryl methyl sites for hydroxylation is 3. The molecule has 0 saturated carbocycles. The lowest BCUT2D eigenvalue weighted by molar-refractivity contribution is 0.555. The molecule has 19 heavy (non-hydrogen) atoms. The van der Waals surface area contributed by atoms with Gasteiger partial charge >= 0.3 is 0 Å². The molecule has 0 amide bonds. The maximum absolute atomic E-state index is 4.54. The smallest absolute Gasteiger partial charge is 0.0900 e. The fourth-order valence-corrected chi connectivity index (χ4v) is 3.75. The molecule has 0 radical (unpaired) electrons. The molecule has 0 saturated heterocycles. The zero-order valence-electron chi connectivity index (χ0n) is 11.7. The Hall–Kier alpha value is -0.720. The van der Waals surface area contributed by atoms with E-state index in [9.17, 15) is 0 Å². The van der Waals surface area contributed by atoms with Crippen LogP contribution < -0.4 is 5.32 Å². The lowest BCUT2D eigenvalue weighted by Crippen LogP contribution is -2.25. The second kappa shape index (κ2) is 6.15. The maximum Gasteiger partial charge on any atom is 0.0900 e. The molecule has 1 unspecified atom stereocenters. The minimum Gasteiger partial charge on any atom is -0.304 e. The summed E-state index contributed by atoms with van der Waals surface area (Å²) in [5.74, 6) is 0. The summed E-state index contributed by atoms with van der Waals surface area (Å²) in [4.78, 5) is 5.82. The highest BCUT2D eigenvalue weighted by molar-refractivity contribution is 9.10. The zero-order valence-corrected chi connectivity index (χ0v) is 14.1. The first kappa shape index (κ1) is 14.7. The van der Waals surface area contributed by atoms with Gasteiger partial charge in [0.05, 0.1) is 38.0 Å². The molecule has 2 aromatic heterocycles. The molecule has 1 atom stereocenters. The van der Waals surface area contributed by atoms with Crippen LogP contribution in [0.15, 0.2) is 10.7 Å². The van der Waals surface area contributed by atoms with Crippen LogP contribution in [-0.2, 0) is 7.05 Å². The van der Waals surface area contributed by atoms with Crippen molar-refractivity contribution in [1.82, 2.24) is 20.1 Å². The summed E-state index contributed by atoms with van der Waals surface area (Å²) in [6.45, 7) is 7.27. The average Bonchev–Trinajstić information content (AvgIpc) is 2.85. The number of rotatable bonds is 5. The maximum atomic E-state index is 4.54. The van der Waals surface area contributed by atoms with Crippen LogP contribution in [0.3, 0.4) is 0 Å². The van der Waals surface area contributed by atoms with Crippen molar-refractivity contribution >= 4 is 27.3 Å². The first-order chi connectivity index (χ1) is 9.04. The molecule has 2 rings (SSSR count). The van der Waals surface area contributed by atoms with Crippen LogP contribution in [0.25, 0.3) is 0 Å². The molecule has 2 aromatic rings. The summed E-state index contributed by atoms with van der Waals surface area (Å²) in [5.41, 5.74) is 2.25. The highest BCUT2D eigenvalue weighted by Gasteiger charge is 2.24. The molecule has 0 aliphatic carbocycles. The van der Waals surface area contributed by atoms with Gasteiger partial charge in [-0.05, 0) is 42.7 Å². The van der Waals surface area contributed by atoms with E-state index >= 15 is 0 Å². The molecule has 2 heterocycles. The first-order valence-corrected chi connectivity index (χ1v) is 8.00. The lowest BCUT2D eigenvalue weighted by atomic mass is 10.1. The summed E-state index contributed by atoms with van der Waals surface area (Å²) in [6.07, 6.45) is 2.95. The summed E-state index contributed by atoms with van der Waals surface area (Å²) in [6, 6.07) is 0.146. The van der Waals surface area contributed by atoms with Crippen LogP contribution in [0.1, 0.15) is 40.7 Å². The van der Waals surface area contributed by atoms with Crippen molar-refractivity contribution in [3.05, 3.63) is 31.9 Å². The van der Waals surface area contributed by atoms with Gasteiger partial charge in [-0.1, -0.05) is 6.92 Å². The molecule has 0 aliphatic heterocycles. The number of aromatic nitrogens is 3. The summed E-state index contributed by atoms with van der Waals surface area (Å²) in [5, 5.41) is 9.03. The van der Waals surface area contributed by atoms with Gasteiger partial charge in [0.1, 0.15) is 0 Å². The number of nitrogens with zero attached hydrogens (tertiary/aromatic N) is 3. The van der Waals surface area contributed by atoms with Crippen molar-refractivity contribution in [3.63, 3.8) is 0 Å². The minimum atomic E-state index is 0.146. The van der Waals surface area contributed by atoms with Crippen LogP contribution in [0, 0.1) is 13.8 Å². The van der Waals surface area contributed by atoms with Gasteiger partial charge in [-0.15, -0.1) is 11.3 Å². The molecule has 0 bridgehead atoms. The monoisotopic (exact) mass is 342 g/mol. The Labute approximate surface area is 126 Å². The molecule has 104 valence electrons. The molecular formula is C13H19BrN4S. The number of nitrogens with one attached hydrogen (secondary N) is 1. The predicted molar refractivity (Wildman–Crippen MR) is 82.6 cm³/mol. The average molecular weight is 343 g/mol. The van der Waals surface area contributed by atoms with Crippen molar-refractivity contribution in [3.8, 4) is 0 Å². The topological polar surface area (TPSA) is 42.7 Å². The summed E-state index contributed by atoms with van der Waals surface area (Å²) < 4.78 is 2.96. The summed E-state index contributed by atoms with van der Waals surface area (Å²) in [7, 11) is 1.98. The van der Waals surface area contributed by atoms with Crippen molar-refractivity contribution in [2.45, 2.75) is 33.2 Å². The van der Waals surface area contributed by atoms with Gasteiger partial charge in [-0.3, -0.25) is 4.68 Å². The van der Waals surface area contributed by atoms with Crippen molar-refractivity contribution in [2.24, 2.45) is 7.05 Å². The fourth-order valence-electron chi connectivity index (χ4n) is 2.16.